The van der Waals surface area contributed by atoms with Crippen LogP contribution in [-0.4, -0.2) is 63.0 Å². The van der Waals surface area contributed by atoms with Crippen molar-refractivity contribution < 1.29 is 37.4 Å². The van der Waals surface area contributed by atoms with Crippen LogP contribution in [0, 0.1) is 5.92 Å². The first-order valence-corrected chi connectivity index (χ1v) is 8.69. The largest absolute Gasteiger partial charge is 0.481 e. The van der Waals surface area contributed by atoms with Crippen molar-refractivity contribution in [3.63, 3.8) is 0 Å². The van der Waals surface area contributed by atoms with Crippen LogP contribution in [0.15, 0.2) is 23.1 Å². The zero-order valence-corrected chi connectivity index (χ0v) is 14.4. The number of hydrogen-bond acceptors (Lipinski definition) is 7. The van der Waals surface area contributed by atoms with Crippen molar-refractivity contribution in [3.8, 4) is 0 Å². The van der Waals surface area contributed by atoms with Crippen LogP contribution in [0.5, 0.6) is 0 Å². The normalized spacial score (nSPS) is 17.9. The Balaban J connectivity index is 2.47. The van der Waals surface area contributed by atoms with Crippen molar-refractivity contribution in [2.75, 3.05) is 27.3 Å². The fourth-order valence-corrected chi connectivity index (χ4v) is 4.09. The summed E-state index contributed by atoms with van der Waals surface area (Å²) < 4.78 is 35.7. The van der Waals surface area contributed by atoms with Crippen molar-refractivity contribution in [1.82, 2.24) is 4.31 Å². The summed E-state index contributed by atoms with van der Waals surface area (Å²) >= 11 is 0. The lowest BCUT2D eigenvalue weighted by Gasteiger charge is -2.17. The van der Waals surface area contributed by atoms with Gasteiger partial charge in [0.1, 0.15) is 0 Å². The van der Waals surface area contributed by atoms with E-state index in [4.69, 9.17) is 5.11 Å². The first-order chi connectivity index (χ1) is 11.7. The Bertz CT molecular complexity index is 783. The zero-order chi connectivity index (χ0) is 18.8. The molecule has 0 bridgehead atoms. The molecule has 1 aromatic rings. The van der Waals surface area contributed by atoms with Gasteiger partial charge in [0, 0.05) is 13.1 Å². The van der Waals surface area contributed by atoms with Crippen molar-refractivity contribution in [3.05, 3.63) is 29.3 Å². The third-order valence-corrected chi connectivity index (χ3v) is 5.73. The smallest absolute Gasteiger partial charge is 0.337 e. The molecule has 1 fully saturated rings. The number of aliphatic carboxylic acids is 1. The summed E-state index contributed by atoms with van der Waals surface area (Å²) in [4.78, 5) is 34.2. The molecular formula is C15H17NO8S. The molecule has 1 atom stereocenters. The third-order valence-electron chi connectivity index (χ3n) is 3.89. The molecule has 1 saturated heterocycles. The highest BCUT2D eigenvalue weighted by atomic mass is 32.2. The number of carboxylic acids is 1. The number of esters is 2. The molecular weight excluding hydrogens is 354 g/mol. The summed E-state index contributed by atoms with van der Waals surface area (Å²) in [6.45, 7) is -0.136. The number of methoxy groups -OCH3 is 2. The van der Waals surface area contributed by atoms with E-state index in [0.29, 0.717) is 0 Å². The standard InChI is InChI=1S/C15H17NO8S/c1-23-14(19)10-5-11(15(20)24-2)7-12(6-10)25(21,22)16-4-3-9(8-16)13(17)18/h5-7,9H,3-4,8H2,1-2H3,(H,17,18). The number of ether oxygens (including phenoxy) is 2. The molecule has 0 amide bonds. The molecule has 25 heavy (non-hydrogen) atoms. The molecule has 0 spiro atoms. The molecule has 1 aliphatic heterocycles. The van der Waals surface area contributed by atoms with Gasteiger partial charge in [0.15, 0.2) is 0 Å². The monoisotopic (exact) mass is 371 g/mol. The quantitative estimate of drug-likeness (QED) is 0.735. The fourth-order valence-electron chi connectivity index (χ4n) is 2.52. The molecule has 1 aromatic carbocycles. The number of sulfonamides is 1. The van der Waals surface area contributed by atoms with Crippen molar-refractivity contribution in [2.45, 2.75) is 11.3 Å². The summed E-state index contributed by atoms with van der Waals surface area (Å²) in [6, 6.07) is 3.34. The number of nitrogens with zero attached hydrogens (tertiary/aromatic N) is 1. The maximum atomic E-state index is 12.8. The van der Waals surface area contributed by atoms with Crippen LogP contribution in [-0.2, 0) is 24.3 Å². The van der Waals surface area contributed by atoms with Gasteiger partial charge in [-0.05, 0) is 24.6 Å². The average Bonchev–Trinajstić information content (AvgIpc) is 3.11. The van der Waals surface area contributed by atoms with Gasteiger partial charge in [-0.15, -0.1) is 0 Å². The Kier molecular flexibility index (Phi) is 5.43. The van der Waals surface area contributed by atoms with E-state index < -0.39 is 33.8 Å². The lowest BCUT2D eigenvalue weighted by atomic mass is 10.1. The minimum Gasteiger partial charge on any atom is -0.481 e. The summed E-state index contributed by atoms with van der Waals surface area (Å²) in [5.41, 5.74) is -0.254. The molecule has 1 N–H and O–H groups in total. The minimum absolute atomic E-state index is 0.0370. The van der Waals surface area contributed by atoms with Gasteiger partial charge in [0.25, 0.3) is 0 Å². The molecule has 0 saturated carbocycles. The van der Waals surface area contributed by atoms with E-state index in [1.54, 1.807) is 0 Å². The Hall–Kier alpha value is -2.46. The van der Waals surface area contributed by atoms with Crippen molar-refractivity contribution >= 4 is 27.9 Å². The Morgan fingerprint density at radius 1 is 1.08 bits per heavy atom. The second-order valence-electron chi connectivity index (χ2n) is 5.42. The Morgan fingerprint density at radius 3 is 2.00 bits per heavy atom. The molecule has 1 unspecified atom stereocenters. The predicted octanol–water partition coefficient (Wildman–Crippen LogP) is 0.355. The number of benzene rings is 1. The van der Waals surface area contributed by atoms with Crippen molar-refractivity contribution in [2.24, 2.45) is 5.92 Å². The topological polar surface area (TPSA) is 127 Å². The van der Waals surface area contributed by atoms with E-state index in [9.17, 15) is 22.8 Å². The van der Waals surface area contributed by atoms with Gasteiger partial charge < -0.3 is 14.6 Å². The van der Waals surface area contributed by atoms with Gasteiger partial charge in [-0.3, -0.25) is 4.79 Å². The van der Waals surface area contributed by atoms with Gasteiger partial charge in [-0.25, -0.2) is 18.0 Å². The van der Waals surface area contributed by atoms with E-state index >= 15 is 0 Å². The molecule has 0 aliphatic carbocycles. The predicted molar refractivity (Wildman–Crippen MR) is 83.6 cm³/mol. The number of rotatable bonds is 5. The highest BCUT2D eigenvalue weighted by molar-refractivity contribution is 7.89. The molecule has 2 rings (SSSR count). The molecule has 0 radical (unpaired) electrons. The van der Waals surface area contributed by atoms with Crippen LogP contribution >= 0.6 is 0 Å². The minimum atomic E-state index is -4.08. The molecule has 1 heterocycles. The van der Waals surface area contributed by atoms with E-state index in [-0.39, 0.29) is 35.5 Å². The summed E-state index contributed by atoms with van der Waals surface area (Å²) in [6.07, 6.45) is 0.190. The summed E-state index contributed by atoms with van der Waals surface area (Å²) in [5.74, 6) is -3.49. The number of hydrogen-bond donors (Lipinski definition) is 1. The molecule has 10 heteroatoms. The van der Waals surface area contributed by atoms with Gasteiger partial charge in [-0.1, -0.05) is 0 Å². The highest BCUT2D eigenvalue weighted by Gasteiger charge is 2.36. The molecule has 0 aromatic heterocycles. The maximum Gasteiger partial charge on any atom is 0.337 e. The van der Waals surface area contributed by atoms with Gasteiger partial charge in [0.2, 0.25) is 10.0 Å². The first kappa shape index (κ1) is 18.9. The average molecular weight is 371 g/mol. The molecule has 136 valence electrons. The van der Waals surface area contributed by atoms with E-state index in [2.05, 4.69) is 9.47 Å². The fraction of sp³-hybridized carbons (Fsp3) is 0.400. The number of carboxylic acid groups (broad SMARTS) is 1. The lowest BCUT2D eigenvalue weighted by Crippen LogP contribution is -2.30. The summed E-state index contributed by atoms with van der Waals surface area (Å²) in [7, 11) is -1.83. The van der Waals surface area contributed by atoms with E-state index in [1.807, 2.05) is 0 Å². The van der Waals surface area contributed by atoms with E-state index in [1.165, 1.54) is 6.07 Å². The third kappa shape index (κ3) is 3.80. The maximum absolute atomic E-state index is 12.8. The van der Waals surface area contributed by atoms with Gasteiger partial charge in [-0.2, -0.15) is 4.31 Å². The highest BCUT2D eigenvalue weighted by Crippen LogP contribution is 2.26. The number of carbonyl (C=O) groups excluding carboxylic acids is 2. The van der Waals surface area contributed by atoms with Crippen LogP contribution in [0.3, 0.4) is 0 Å². The van der Waals surface area contributed by atoms with Crippen LogP contribution in [0.4, 0.5) is 0 Å². The Morgan fingerprint density at radius 2 is 1.60 bits per heavy atom. The van der Waals surface area contributed by atoms with Gasteiger partial charge in [0.05, 0.1) is 36.2 Å². The lowest BCUT2D eigenvalue weighted by molar-refractivity contribution is -0.141. The number of carbonyl (C=O) groups is 3. The van der Waals surface area contributed by atoms with Crippen LogP contribution in [0.25, 0.3) is 0 Å². The second-order valence-corrected chi connectivity index (χ2v) is 7.35. The van der Waals surface area contributed by atoms with Crippen molar-refractivity contribution in [1.29, 1.82) is 0 Å². The first-order valence-electron chi connectivity index (χ1n) is 7.25. The SMILES string of the molecule is COC(=O)c1cc(C(=O)OC)cc(S(=O)(=O)N2CCC(C(=O)O)C2)c1. The van der Waals surface area contributed by atoms with Crippen LogP contribution in [0.1, 0.15) is 27.1 Å². The second kappa shape index (κ2) is 7.19. The van der Waals surface area contributed by atoms with Gasteiger partial charge >= 0.3 is 17.9 Å². The van der Waals surface area contributed by atoms with Crippen LogP contribution in [0.2, 0.25) is 0 Å². The Labute approximate surface area is 144 Å². The molecule has 1 aliphatic rings. The van der Waals surface area contributed by atoms with E-state index in [0.717, 1.165) is 30.7 Å². The molecule has 9 nitrogen and oxygen atoms in total. The zero-order valence-electron chi connectivity index (χ0n) is 13.6. The summed E-state index contributed by atoms with van der Waals surface area (Å²) in [5, 5.41) is 9.02. The van der Waals surface area contributed by atoms with Crippen LogP contribution < -0.4 is 0 Å².